The van der Waals surface area contributed by atoms with Gasteiger partial charge in [-0.05, 0) is 80.3 Å². The number of benzene rings is 1. The Morgan fingerprint density at radius 2 is 2.00 bits per heavy atom. The van der Waals surface area contributed by atoms with Crippen molar-refractivity contribution < 1.29 is 9.90 Å². The lowest BCUT2D eigenvalue weighted by molar-refractivity contribution is 0.0935. The van der Waals surface area contributed by atoms with Gasteiger partial charge in [0.15, 0.2) is 0 Å². The van der Waals surface area contributed by atoms with Crippen LogP contribution in [0.5, 0.6) is 5.75 Å². The van der Waals surface area contributed by atoms with Crippen LogP contribution >= 0.6 is 43.2 Å². The number of amides is 1. The van der Waals surface area contributed by atoms with Gasteiger partial charge in [-0.1, -0.05) is 13.3 Å². The van der Waals surface area contributed by atoms with Crippen LogP contribution in [0.25, 0.3) is 0 Å². The lowest BCUT2D eigenvalue weighted by Crippen LogP contribution is -2.38. The molecule has 2 aliphatic rings. The van der Waals surface area contributed by atoms with Crippen LogP contribution in [0.2, 0.25) is 0 Å². The first-order valence-electron chi connectivity index (χ1n) is 8.37. The van der Waals surface area contributed by atoms with Crippen molar-refractivity contribution in [3.63, 3.8) is 0 Å². The molecule has 3 N–H and O–H groups in total. The molecule has 0 saturated carbocycles. The van der Waals surface area contributed by atoms with Crippen LogP contribution in [0.15, 0.2) is 21.1 Å². The number of aromatic hydroxyl groups is 1. The van der Waals surface area contributed by atoms with Gasteiger partial charge in [0.25, 0.3) is 5.91 Å². The Morgan fingerprint density at radius 3 is 2.68 bits per heavy atom. The van der Waals surface area contributed by atoms with Gasteiger partial charge in [0.2, 0.25) is 0 Å². The summed E-state index contributed by atoms with van der Waals surface area (Å²) in [6, 6.07) is 3.65. The monoisotopic (exact) mass is 484 g/mol. The number of hydrogen-bond acceptors (Lipinski definition) is 4. The molecule has 0 fully saturated rings. The minimum absolute atomic E-state index is 0.00785. The SMILES string of the molecule is CC[C@@H]1CCc2c(sc3c2C(=O)N[C@@H](c2cc(Br)c(O)c(Br)c2)N3)C1. The van der Waals surface area contributed by atoms with E-state index in [-0.39, 0.29) is 17.8 Å². The Kier molecular flexibility index (Phi) is 4.58. The molecule has 1 aromatic heterocycles. The Morgan fingerprint density at radius 1 is 1.28 bits per heavy atom. The molecule has 7 heteroatoms. The van der Waals surface area contributed by atoms with E-state index in [1.54, 1.807) is 11.3 Å². The number of phenolic OH excluding ortho intramolecular Hbond substituents is 1. The van der Waals surface area contributed by atoms with Crippen LogP contribution < -0.4 is 10.6 Å². The fourth-order valence-corrected chi connectivity index (χ4v) is 6.24. The maximum atomic E-state index is 12.8. The van der Waals surface area contributed by atoms with Gasteiger partial charge in [-0.2, -0.15) is 0 Å². The van der Waals surface area contributed by atoms with Crippen molar-refractivity contribution in [1.82, 2.24) is 5.32 Å². The van der Waals surface area contributed by atoms with E-state index in [9.17, 15) is 9.90 Å². The second kappa shape index (κ2) is 6.59. The Hall–Kier alpha value is -1.05. The van der Waals surface area contributed by atoms with Crippen molar-refractivity contribution in [1.29, 1.82) is 0 Å². The van der Waals surface area contributed by atoms with E-state index in [1.165, 1.54) is 23.3 Å². The summed E-state index contributed by atoms with van der Waals surface area (Å²) in [5.74, 6) is 0.880. The van der Waals surface area contributed by atoms with Gasteiger partial charge < -0.3 is 15.7 Å². The molecule has 1 amide bonds. The molecule has 2 heterocycles. The molecule has 4 rings (SSSR count). The number of phenols is 1. The normalized spacial score (nSPS) is 22.0. The highest BCUT2D eigenvalue weighted by molar-refractivity contribution is 9.11. The summed E-state index contributed by atoms with van der Waals surface area (Å²) < 4.78 is 1.19. The van der Waals surface area contributed by atoms with Gasteiger partial charge in [-0.3, -0.25) is 4.79 Å². The number of halogens is 2. The van der Waals surface area contributed by atoms with Gasteiger partial charge >= 0.3 is 0 Å². The smallest absolute Gasteiger partial charge is 0.256 e. The number of carbonyl (C=O) groups is 1. The average molecular weight is 486 g/mol. The molecule has 4 nitrogen and oxygen atoms in total. The largest absolute Gasteiger partial charge is 0.506 e. The summed E-state index contributed by atoms with van der Waals surface area (Å²) in [6.07, 6.45) is 4.13. The van der Waals surface area contributed by atoms with Crippen molar-refractivity contribution in [3.05, 3.63) is 42.6 Å². The van der Waals surface area contributed by atoms with Crippen LogP contribution in [0.3, 0.4) is 0 Å². The molecule has 0 radical (unpaired) electrons. The highest BCUT2D eigenvalue weighted by Crippen LogP contribution is 2.44. The predicted octanol–water partition coefficient (Wildman–Crippen LogP) is 5.35. The van der Waals surface area contributed by atoms with Crippen molar-refractivity contribution >= 4 is 54.1 Å². The predicted molar refractivity (Wildman–Crippen MR) is 107 cm³/mol. The molecule has 0 unspecified atom stereocenters. The van der Waals surface area contributed by atoms with E-state index in [0.29, 0.717) is 8.95 Å². The first-order valence-corrected chi connectivity index (χ1v) is 10.8. The van der Waals surface area contributed by atoms with E-state index in [0.717, 1.165) is 34.9 Å². The molecule has 25 heavy (non-hydrogen) atoms. The zero-order valence-corrected chi connectivity index (χ0v) is 17.6. The Labute approximate surface area is 167 Å². The molecule has 0 saturated heterocycles. The van der Waals surface area contributed by atoms with Crippen molar-refractivity contribution in [2.24, 2.45) is 5.92 Å². The molecule has 0 spiro atoms. The lowest BCUT2D eigenvalue weighted by atomic mass is 9.85. The summed E-state index contributed by atoms with van der Waals surface area (Å²) in [6.45, 7) is 2.24. The molecule has 0 bridgehead atoms. The van der Waals surface area contributed by atoms with E-state index < -0.39 is 0 Å². The van der Waals surface area contributed by atoms with Crippen LogP contribution in [0, 0.1) is 5.92 Å². The van der Waals surface area contributed by atoms with E-state index in [1.807, 2.05) is 12.1 Å². The van der Waals surface area contributed by atoms with Crippen molar-refractivity contribution in [3.8, 4) is 5.75 Å². The third-order valence-electron chi connectivity index (χ3n) is 5.10. The molecule has 132 valence electrons. The maximum absolute atomic E-state index is 12.8. The Balaban J connectivity index is 1.68. The summed E-state index contributed by atoms with van der Waals surface area (Å²) in [5, 5.41) is 17.4. The molecular formula is C18H18Br2N2O2S. The molecule has 1 aliphatic heterocycles. The summed E-state index contributed by atoms with van der Waals surface area (Å²) in [4.78, 5) is 14.1. The average Bonchev–Trinajstić information content (AvgIpc) is 2.96. The van der Waals surface area contributed by atoms with Crippen LogP contribution in [-0.2, 0) is 12.8 Å². The summed E-state index contributed by atoms with van der Waals surface area (Å²) in [5.41, 5.74) is 2.96. The topological polar surface area (TPSA) is 61.4 Å². The molecule has 1 aliphatic carbocycles. The quantitative estimate of drug-likeness (QED) is 0.537. The third-order valence-corrected chi connectivity index (χ3v) is 7.49. The zero-order chi connectivity index (χ0) is 17.7. The number of carbonyl (C=O) groups excluding carboxylic acids is 1. The van der Waals surface area contributed by atoms with Crippen LogP contribution in [0.4, 0.5) is 5.00 Å². The Bertz CT molecular complexity index is 842. The number of fused-ring (bicyclic) bond motifs is 3. The van der Waals surface area contributed by atoms with Crippen LogP contribution in [-0.4, -0.2) is 11.0 Å². The lowest BCUT2D eigenvalue weighted by Gasteiger charge is -2.27. The minimum Gasteiger partial charge on any atom is -0.506 e. The molecule has 2 atom stereocenters. The fraction of sp³-hybridized carbons (Fsp3) is 0.389. The summed E-state index contributed by atoms with van der Waals surface area (Å²) in [7, 11) is 0. The summed E-state index contributed by atoms with van der Waals surface area (Å²) >= 11 is 8.43. The van der Waals surface area contributed by atoms with E-state index >= 15 is 0 Å². The fourth-order valence-electron chi connectivity index (χ4n) is 3.63. The number of anilines is 1. The van der Waals surface area contributed by atoms with Gasteiger partial charge in [-0.25, -0.2) is 0 Å². The van der Waals surface area contributed by atoms with Gasteiger partial charge in [0.1, 0.15) is 16.9 Å². The number of hydrogen-bond donors (Lipinski definition) is 3. The second-order valence-electron chi connectivity index (χ2n) is 6.61. The minimum atomic E-state index is -0.310. The number of rotatable bonds is 2. The molecule has 2 aromatic rings. The third kappa shape index (κ3) is 3.00. The van der Waals surface area contributed by atoms with E-state index in [4.69, 9.17) is 0 Å². The first-order chi connectivity index (χ1) is 12.0. The highest BCUT2D eigenvalue weighted by atomic mass is 79.9. The van der Waals surface area contributed by atoms with Gasteiger partial charge in [0.05, 0.1) is 14.5 Å². The van der Waals surface area contributed by atoms with Gasteiger partial charge in [-0.15, -0.1) is 11.3 Å². The standard InChI is InChI=1S/C18H18Br2N2O2S/c1-2-8-3-4-10-13(5-8)25-18-14(10)17(24)21-16(22-18)9-6-11(19)15(23)12(20)7-9/h6-8,16,22-23H,2-5H2,1H3,(H,21,24)/t8-,16-/m1/s1. The molecule has 1 aromatic carbocycles. The maximum Gasteiger partial charge on any atom is 0.256 e. The molecular weight excluding hydrogens is 468 g/mol. The van der Waals surface area contributed by atoms with Gasteiger partial charge in [0, 0.05) is 4.88 Å². The highest BCUT2D eigenvalue weighted by Gasteiger charge is 2.33. The number of thiophene rings is 1. The first kappa shape index (κ1) is 17.4. The second-order valence-corrected chi connectivity index (χ2v) is 9.42. The number of nitrogens with one attached hydrogen (secondary N) is 2. The van der Waals surface area contributed by atoms with Crippen molar-refractivity contribution in [2.45, 2.75) is 38.8 Å². The van der Waals surface area contributed by atoms with Crippen LogP contribution in [0.1, 0.15) is 52.3 Å². The van der Waals surface area contributed by atoms with Crippen molar-refractivity contribution in [2.75, 3.05) is 5.32 Å². The van der Waals surface area contributed by atoms with E-state index in [2.05, 4.69) is 49.4 Å². The zero-order valence-electron chi connectivity index (χ0n) is 13.7.